The molecule has 1 aliphatic heterocycles. The van der Waals surface area contributed by atoms with Gasteiger partial charge in [-0.15, -0.1) is 0 Å². The van der Waals surface area contributed by atoms with Crippen molar-refractivity contribution in [1.29, 1.82) is 0 Å². The number of thioether (sulfide) groups is 1. The smallest absolute Gasteiger partial charge is 0.325 e. The Hall–Kier alpha value is -3.46. The third-order valence-electron chi connectivity index (χ3n) is 5.20. The van der Waals surface area contributed by atoms with Gasteiger partial charge >= 0.3 is 17.2 Å². The summed E-state index contributed by atoms with van der Waals surface area (Å²) in [5, 5.41) is 5.08. The summed E-state index contributed by atoms with van der Waals surface area (Å²) < 4.78 is 6.98. The molecule has 0 fully saturated rings. The molecule has 1 amide bonds. The molecule has 0 bridgehead atoms. The van der Waals surface area contributed by atoms with Crippen LogP contribution in [0.5, 0.6) is 5.75 Å². The Bertz CT molecular complexity index is 1260. The normalized spacial score (nSPS) is 14.5. The summed E-state index contributed by atoms with van der Waals surface area (Å²) in [5.74, 6) is -0.108. The predicted molar refractivity (Wildman–Crippen MR) is 121 cm³/mol. The summed E-state index contributed by atoms with van der Waals surface area (Å²) in [4.78, 5) is 42.5. The molecule has 0 spiro atoms. The molecule has 8 nitrogen and oxygen atoms in total. The zero-order valence-electron chi connectivity index (χ0n) is 18.0. The highest BCUT2D eigenvalue weighted by molar-refractivity contribution is 7.98. The summed E-state index contributed by atoms with van der Waals surface area (Å²) in [6, 6.07) is 14.3. The molecule has 3 aromatic rings. The SMILES string of the molecule is CCC(=O)Oc1cccc(C2N(C(=O)CC)c3ccccc3-c3c(=O)[nH]c(SC)n[n+]32)c1. The van der Waals surface area contributed by atoms with Gasteiger partial charge < -0.3 is 4.74 Å². The standard InChI is InChI=1S/C23H22N4O4S/c1-4-18(28)26-17-12-7-6-11-16(17)20-21(30)24-23(32-3)25-27(20)22(26)14-9-8-10-15(13-14)31-19(29)5-2/h6-13,22H,4-5H2,1-3H3/p+1. The van der Waals surface area contributed by atoms with Crippen molar-refractivity contribution in [1.82, 2.24) is 10.1 Å². The van der Waals surface area contributed by atoms with Gasteiger partial charge in [-0.25, -0.2) is 4.90 Å². The van der Waals surface area contributed by atoms with E-state index in [4.69, 9.17) is 4.74 Å². The molecular formula is C23H23N4O4S+. The third-order valence-corrected chi connectivity index (χ3v) is 5.77. The number of anilines is 1. The predicted octanol–water partition coefficient (Wildman–Crippen LogP) is 3.07. The van der Waals surface area contributed by atoms with Crippen LogP contribution in [-0.2, 0) is 9.59 Å². The first kappa shape index (κ1) is 21.8. The van der Waals surface area contributed by atoms with Crippen LogP contribution >= 0.6 is 11.8 Å². The zero-order chi connectivity index (χ0) is 22.8. The molecule has 0 saturated carbocycles. The van der Waals surface area contributed by atoms with Gasteiger partial charge in [0.25, 0.3) is 6.17 Å². The number of nitrogens with zero attached hydrogens (tertiary/aromatic N) is 3. The van der Waals surface area contributed by atoms with Gasteiger partial charge in [-0.1, -0.05) is 43.8 Å². The Morgan fingerprint density at radius 2 is 1.94 bits per heavy atom. The Labute approximate surface area is 189 Å². The number of H-pyrrole nitrogens is 1. The molecule has 9 heteroatoms. The average molecular weight is 452 g/mol. The molecule has 0 radical (unpaired) electrons. The van der Waals surface area contributed by atoms with Gasteiger partial charge in [0.2, 0.25) is 11.1 Å². The summed E-state index contributed by atoms with van der Waals surface area (Å²) in [7, 11) is 0. The van der Waals surface area contributed by atoms with Gasteiger partial charge in [0.1, 0.15) is 5.75 Å². The molecule has 1 atom stereocenters. The van der Waals surface area contributed by atoms with Crippen LogP contribution in [-0.4, -0.2) is 28.2 Å². The third kappa shape index (κ3) is 3.80. The number of hydrogen-bond donors (Lipinski definition) is 1. The molecule has 32 heavy (non-hydrogen) atoms. The quantitative estimate of drug-likeness (QED) is 0.277. The van der Waals surface area contributed by atoms with Crippen LogP contribution < -0.4 is 19.9 Å². The first-order valence-electron chi connectivity index (χ1n) is 10.3. The van der Waals surface area contributed by atoms with E-state index in [-0.39, 0.29) is 30.3 Å². The van der Waals surface area contributed by atoms with Gasteiger partial charge in [0, 0.05) is 23.5 Å². The number of carbonyl (C=O) groups excluding carboxylic acids is 2. The molecule has 0 aliphatic carbocycles. The molecular weight excluding hydrogens is 428 g/mol. The van der Waals surface area contributed by atoms with Crippen LogP contribution in [0, 0.1) is 0 Å². The van der Waals surface area contributed by atoms with Crippen molar-refractivity contribution >= 4 is 29.3 Å². The van der Waals surface area contributed by atoms with Crippen molar-refractivity contribution in [2.24, 2.45) is 0 Å². The monoisotopic (exact) mass is 451 g/mol. The molecule has 1 aromatic heterocycles. The largest absolute Gasteiger partial charge is 0.427 e. The van der Waals surface area contributed by atoms with E-state index >= 15 is 0 Å². The number of ether oxygens (including phenoxy) is 1. The minimum Gasteiger partial charge on any atom is -0.427 e. The fourth-order valence-corrected chi connectivity index (χ4v) is 4.11. The highest BCUT2D eigenvalue weighted by Crippen LogP contribution is 2.38. The van der Waals surface area contributed by atoms with E-state index in [0.29, 0.717) is 33.4 Å². The number of nitrogens with one attached hydrogen (secondary N) is 1. The Morgan fingerprint density at radius 3 is 2.66 bits per heavy atom. The van der Waals surface area contributed by atoms with E-state index < -0.39 is 6.17 Å². The van der Waals surface area contributed by atoms with Gasteiger partial charge in [-0.3, -0.25) is 19.4 Å². The van der Waals surface area contributed by atoms with Crippen molar-refractivity contribution in [2.75, 3.05) is 11.2 Å². The number of amides is 1. The number of para-hydroxylation sites is 1. The van der Waals surface area contributed by atoms with Crippen LogP contribution in [0.2, 0.25) is 0 Å². The molecule has 1 unspecified atom stereocenters. The number of hydrogen-bond acceptors (Lipinski definition) is 6. The number of aromatic amines is 1. The lowest BCUT2D eigenvalue weighted by atomic mass is 10.0. The lowest BCUT2D eigenvalue weighted by Crippen LogP contribution is -2.60. The topological polar surface area (TPSA) is 96.2 Å². The molecule has 1 N–H and O–H groups in total. The second kappa shape index (κ2) is 8.96. The van der Waals surface area contributed by atoms with Crippen molar-refractivity contribution in [3.8, 4) is 17.0 Å². The van der Waals surface area contributed by atoms with Crippen molar-refractivity contribution in [3.05, 3.63) is 64.4 Å². The number of rotatable bonds is 5. The fraction of sp³-hybridized carbons (Fsp3) is 0.261. The van der Waals surface area contributed by atoms with E-state index in [2.05, 4.69) is 10.1 Å². The lowest BCUT2D eigenvalue weighted by Gasteiger charge is -2.32. The van der Waals surface area contributed by atoms with E-state index in [1.165, 1.54) is 11.8 Å². The van der Waals surface area contributed by atoms with Crippen LogP contribution in [0.4, 0.5) is 5.69 Å². The summed E-state index contributed by atoms with van der Waals surface area (Å²) in [6.45, 7) is 3.51. The zero-order valence-corrected chi connectivity index (χ0v) is 18.8. The van der Waals surface area contributed by atoms with Crippen LogP contribution in [0.1, 0.15) is 38.4 Å². The molecule has 2 heterocycles. The average Bonchev–Trinajstić information content (AvgIpc) is 2.82. The number of aromatic nitrogens is 3. The van der Waals surface area contributed by atoms with E-state index in [9.17, 15) is 14.4 Å². The molecule has 0 saturated heterocycles. The van der Waals surface area contributed by atoms with Crippen molar-refractivity contribution in [2.45, 2.75) is 38.0 Å². The number of esters is 1. The Morgan fingerprint density at radius 1 is 1.16 bits per heavy atom. The van der Waals surface area contributed by atoms with E-state index in [0.717, 1.165) is 0 Å². The van der Waals surface area contributed by atoms with Gasteiger partial charge in [0.15, 0.2) is 0 Å². The second-order valence-electron chi connectivity index (χ2n) is 7.16. The maximum atomic E-state index is 13.2. The maximum Gasteiger partial charge on any atom is 0.325 e. The van der Waals surface area contributed by atoms with E-state index in [1.807, 2.05) is 36.6 Å². The highest BCUT2D eigenvalue weighted by Gasteiger charge is 2.45. The number of benzene rings is 2. The molecule has 2 aromatic carbocycles. The minimum absolute atomic E-state index is 0.121. The molecule has 164 valence electrons. The number of fused-ring (bicyclic) bond motifs is 3. The second-order valence-corrected chi connectivity index (χ2v) is 7.96. The van der Waals surface area contributed by atoms with Crippen LogP contribution in [0.15, 0.2) is 58.5 Å². The summed E-state index contributed by atoms with van der Waals surface area (Å²) in [5.41, 5.74) is 1.99. The molecule has 4 rings (SSSR count). The van der Waals surface area contributed by atoms with Gasteiger partial charge in [0.05, 0.1) is 11.3 Å². The van der Waals surface area contributed by atoms with Crippen molar-refractivity contribution < 1.29 is 19.0 Å². The van der Waals surface area contributed by atoms with E-state index in [1.54, 1.807) is 41.6 Å². The van der Waals surface area contributed by atoms with Crippen molar-refractivity contribution in [3.63, 3.8) is 0 Å². The Kier molecular flexibility index (Phi) is 6.09. The summed E-state index contributed by atoms with van der Waals surface area (Å²) >= 11 is 1.30. The maximum absolute atomic E-state index is 13.2. The highest BCUT2D eigenvalue weighted by atomic mass is 32.2. The lowest BCUT2D eigenvalue weighted by molar-refractivity contribution is -0.763. The first-order valence-corrected chi connectivity index (χ1v) is 11.5. The fourth-order valence-electron chi connectivity index (χ4n) is 3.75. The Balaban J connectivity index is 1.99. The van der Waals surface area contributed by atoms with Crippen LogP contribution in [0.25, 0.3) is 11.3 Å². The number of carbonyl (C=O) groups is 2. The van der Waals surface area contributed by atoms with Gasteiger partial charge in [-0.05, 0) is 41.3 Å². The first-order chi connectivity index (χ1) is 15.5. The van der Waals surface area contributed by atoms with Gasteiger partial charge in [-0.2, -0.15) is 0 Å². The minimum atomic E-state index is -0.721. The summed E-state index contributed by atoms with van der Waals surface area (Å²) in [6.07, 6.45) is 1.61. The van der Waals surface area contributed by atoms with Crippen LogP contribution in [0.3, 0.4) is 0 Å². The molecule has 1 aliphatic rings.